The molecule has 1 N–H and O–H groups in total. The molecule has 1 aliphatic rings. The van der Waals surface area contributed by atoms with E-state index in [4.69, 9.17) is 0 Å². The molecule has 1 atom stereocenters. The Hall–Kier alpha value is -2.89. The minimum atomic E-state index is -0.173. The molecule has 2 aromatic rings. The van der Waals surface area contributed by atoms with Gasteiger partial charge >= 0.3 is 0 Å². The van der Waals surface area contributed by atoms with Gasteiger partial charge < -0.3 is 10.2 Å². The molecule has 2 aromatic carbocycles. The van der Waals surface area contributed by atoms with Crippen molar-refractivity contribution in [1.29, 1.82) is 0 Å². The molecule has 1 aliphatic heterocycles. The summed E-state index contributed by atoms with van der Waals surface area (Å²) in [6.07, 6.45) is 2.57. The Morgan fingerprint density at radius 1 is 1.04 bits per heavy atom. The van der Waals surface area contributed by atoms with Crippen LogP contribution in [0.3, 0.4) is 0 Å². The number of hydrazone groups is 1. The standard InChI is InChI=1S/C18H22N6/c1-23-14-20-24(2)18(23)22-21-17-10-8-16(9-11-17)19-13-12-15-6-4-3-5-7-15/h3-11,14,18-19H,12-13H2,1-2H3. The maximum Gasteiger partial charge on any atom is 0.233 e. The van der Waals surface area contributed by atoms with Gasteiger partial charge in [0.1, 0.15) is 6.34 Å². The summed E-state index contributed by atoms with van der Waals surface area (Å²) in [5.41, 5.74) is 3.25. The maximum absolute atomic E-state index is 4.32. The lowest BCUT2D eigenvalue weighted by Gasteiger charge is -2.19. The number of nitrogens with zero attached hydrogens (tertiary/aromatic N) is 5. The minimum absolute atomic E-state index is 0.173. The van der Waals surface area contributed by atoms with E-state index in [9.17, 15) is 0 Å². The van der Waals surface area contributed by atoms with Gasteiger partial charge in [-0.3, -0.25) is 5.01 Å². The van der Waals surface area contributed by atoms with Crippen LogP contribution in [0.5, 0.6) is 0 Å². The second-order valence-electron chi connectivity index (χ2n) is 5.74. The summed E-state index contributed by atoms with van der Waals surface area (Å²) in [5.74, 6) is 0. The van der Waals surface area contributed by atoms with Gasteiger partial charge in [-0.1, -0.05) is 30.3 Å². The Labute approximate surface area is 142 Å². The molecule has 0 spiro atoms. The van der Waals surface area contributed by atoms with Crippen molar-refractivity contribution in [2.75, 3.05) is 26.0 Å². The lowest BCUT2D eigenvalue weighted by molar-refractivity contribution is 0.183. The summed E-state index contributed by atoms with van der Waals surface area (Å²) in [6, 6.07) is 18.4. The predicted octanol–water partition coefficient (Wildman–Crippen LogP) is 3.53. The Bertz CT molecular complexity index is 683. The van der Waals surface area contributed by atoms with Crippen LogP contribution in [0, 0.1) is 0 Å². The first-order valence-electron chi connectivity index (χ1n) is 8.00. The highest BCUT2D eigenvalue weighted by Gasteiger charge is 2.20. The second-order valence-corrected chi connectivity index (χ2v) is 5.74. The van der Waals surface area contributed by atoms with E-state index in [1.807, 2.05) is 49.3 Å². The van der Waals surface area contributed by atoms with E-state index in [2.05, 4.69) is 44.9 Å². The van der Waals surface area contributed by atoms with Crippen LogP contribution in [0.15, 0.2) is 69.9 Å². The third-order valence-electron chi connectivity index (χ3n) is 3.84. The van der Waals surface area contributed by atoms with Gasteiger partial charge in [-0.15, -0.1) is 5.11 Å². The Kier molecular flexibility index (Phi) is 5.05. The summed E-state index contributed by atoms with van der Waals surface area (Å²) < 4.78 is 0. The molecule has 1 heterocycles. The molecule has 0 saturated carbocycles. The first kappa shape index (κ1) is 16.0. The highest BCUT2D eigenvalue weighted by molar-refractivity contribution is 5.56. The van der Waals surface area contributed by atoms with E-state index in [1.54, 1.807) is 11.3 Å². The molecule has 124 valence electrons. The third kappa shape index (κ3) is 4.10. The average molecular weight is 322 g/mol. The zero-order chi connectivity index (χ0) is 16.8. The van der Waals surface area contributed by atoms with Gasteiger partial charge in [0, 0.05) is 26.3 Å². The monoisotopic (exact) mass is 322 g/mol. The molecule has 0 fully saturated rings. The van der Waals surface area contributed by atoms with Crippen LogP contribution in [0.1, 0.15) is 5.56 Å². The molecule has 24 heavy (non-hydrogen) atoms. The number of azo groups is 1. The van der Waals surface area contributed by atoms with Crippen molar-refractivity contribution < 1.29 is 0 Å². The van der Waals surface area contributed by atoms with Gasteiger partial charge in [-0.05, 0) is 36.2 Å². The quantitative estimate of drug-likeness (QED) is 0.828. The fourth-order valence-electron chi connectivity index (χ4n) is 2.46. The smallest absolute Gasteiger partial charge is 0.233 e. The van der Waals surface area contributed by atoms with Gasteiger partial charge in [0.05, 0.1) is 5.69 Å². The van der Waals surface area contributed by atoms with Crippen LogP contribution < -0.4 is 5.32 Å². The average Bonchev–Trinajstić information content (AvgIpc) is 2.93. The van der Waals surface area contributed by atoms with E-state index >= 15 is 0 Å². The van der Waals surface area contributed by atoms with E-state index in [-0.39, 0.29) is 6.29 Å². The van der Waals surface area contributed by atoms with Crippen LogP contribution in [0.25, 0.3) is 0 Å². The van der Waals surface area contributed by atoms with Gasteiger partial charge in [0.25, 0.3) is 0 Å². The molecule has 6 nitrogen and oxygen atoms in total. The summed E-state index contributed by atoms with van der Waals surface area (Å²) in [6.45, 7) is 0.903. The predicted molar refractivity (Wildman–Crippen MR) is 97.4 cm³/mol. The van der Waals surface area contributed by atoms with Crippen molar-refractivity contribution >= 4 is 17.7 Å². The third-order valence-corrected chi connectivity index (χ3v) is 3.84. The lowest BCUT2D eigenvalue weighted by Crippen LogP contribution is -2.32. The zero-order valence-corrected chi connectivity index (χ0v) is 14.0. The summed E-state index contributed by atoms with van der Waals surface area (Å²) >= 11 is 0. The topological polar surface area (TPSA) is 55.6 Å². The van der Waals surface area contributed by atoms with Crippen LogP contribution in [0.2, 0.25) is 0 Å². The zero-order valence-electron chi connectivity index (χ0n) is 14.0. The van der Waals surface area contributed by atoms with E-state index in [0.29, 0.717) is 0 Å². The number of hydrogen-bond donors (Lipinski definition) is 1. The molecule has 0 saturated heterocycles. The van der Waals surface area contributed by atoms with Crippen molar-refractivity contribution in [3.05, 3.63) is 60.2 Å². The SMILES string of the molecule is CN1C=NN(C)C1N=Nc1ccc(NCCc2ccccc2)cc1. The van der Waals surface area contributed by atoms with Crippen molar-refractivity contribution in [2.45, 2.75) is 12.7 Å². The van der Waals surface area contributed by atoms with Gasteiger partial charge in [-0.2, -0.15) is 10.2 Å². The summed E-state index contributed by atoms with van der Waals surface area (Å²) in [5, 5.41) is 18.0. The Morgan fingerprint density at radius 3 is 2.46 bits per heavy atom. The fraction of sp³-hybridized carbons (Fsp3) is 0.278. The molecular formula is C18H22N6. The van der Waals surface area contributed by atoms with E-state index in [0.717, 1.165) is 24.3 Å². The van der Waals surface area contributed by atoms with E-state index in [1.165, 1.54) is 5.56 Å². The van der Waals surface area contributed by atoms with Crippen LogP contribution in [-0.2, 0) is 6.42 Å². The molecule has 0 aromatic heterocycles. The molecule has 6 heteroatoms. The van der Waals surface area contributed by atoms with Crippen molar-refractivity contribution in [3.63, 3.8) is 0 Å². The van der Waals surface area contributed by atoms with E-state index < -0.39 is 0 Å². The minimum Gasteiger partial charge on any atom is -0.385 e. The van der Waals surface area contributed by atoms with Crippen molar-refractivity contribution in [2.24, 2.45) is 15.3 Å². The Balaban J connectivity index is 1.50. The van der Waals surface area contributed by atoms with Gasteiger partial charge in [-0.25, -0.2) is 0 Å². The second kappa shape index (κ2) is 7.59. The van der Waals surface area contributed by atoms with Crippen LogP contribution >= 0.6 is 0 Å². The van der Waals surface area contributed by atoms with Crippen LogP contribution in [-0.4, -0.2) is 43.2 Å². The highest BCUT2D eigenvalue weighted by Crippen LogP contribution is 2.19. The first-order chi connectivity index (χ1) is 11.7. The molecule has 0 radical (unpaired) electrons. The normalized spacial score (nSPS) is 17.0. The summed E-state index contributed by atoms with van der Waals surface area (Å²) in [4.78, 5) is 1.91. The number of anilines is 1. The first-order valence-corrected chi connectivity index (χ1v) is 8.00. The molecule has 1 unspecified atom stereocenters. The number of nitrogens with one attached hydrogen (secondary N) is 1. The maximum atomic E-state index is 4.32. The van der Waals surface area contributed by atoms with Crippen molar-refractivity contribution in [3.8, 4) is 0 Å². The molecular weight excluding hydrogens is 300 g/mol. The van der Waals surface area contributed by atoms with Gasteiger partial charge in [0.2, 0.25) is 6.29 Å². The van der Waals surface area contributed by atoms with Gasteiger partial charge in [0.15, 0.2) is 0 Å². The summed E-state index contributed by atoms with van der Waals surface area (Å²) in [7, 11) is 3.81. The van der Waals surface area contributed by atoms with Crippen molar-refractivity contribution in [1.82, 2.24) is 9.91 Å². The number of benzene rings is 2. The molecule has 0 amide bonds. The Morgan fingerprint density at radius 2 is 1.79 bits per heavy atom. The largest absolute Gasteiger partial charge is 0.385 e. The van der Waals surface area contributed by atoms with Crippen LogP contribution in [0.4, 0.5) is 11.4 Å². The number of rotatable bonds is 6. The fourth-order valence-corrected chi connectivity index (χ4v) is 2.46. The highest BCUT2D eigenvalue weighted by atomic mass is 15.6. The molecule has 0 aliphatic carbocycles. The number of hydrogen-bond acceptors (Lipinski definition) is 6. The lowest BCUT2D eigenvalue weighted by atomic mass is 10.1. The molecule has 3 rings (SSSR count). The molecule has 0 bridgehead atoms.